The summed E-state index contributed by atoms with van der Waals surface area (Å²) >= 11 is 1.33. The Bertz CT molecular complexity index is 948. The van der Waals surface area contributed by atoms with Gasteiger partial charge in [-0.25, -0.2) is 0 Å². The molecule has 1 atom stereocenters. The SMILES string of the molecule is CCN1C(=O)CC(C(=O)Nc2ccccc2)SC1=NCc1ccc2c(c1)OCO2. The number of fused-ring (bicyclic) bond motifs is 1. The minimum atomic E-state index is -0.513. The summed E-state index contributed by atoms with van der Waals surface area (Å²) in [4.78, 5) is 31.5. The number of carbonyl (C=O) groups excluding carboxylic acids is 2. The van der Waals surface area contributed by atoms with Crippen LogP contribution in [0.3, 0.4) is 0 Å². The van der Waals surface area contributed by atoms with Gasteiger partial charge >= 0.3 is 0 Å². The first-order valence-corrected chi connectivity index (χ1v) is 10.3. The molecule has 8 heteroatoms. The first kappa shape index (κ1) is 19.3. The monoisotopic (exact) mass is 411 g/mol. The average Bonchev–Trinajstić information content (AvgIpc) is 3.20. The highest BCUT2D eigenvalue weighted by Crippen LogP contribution is 2.33. The lowest BCUT2D eigenvalue weighted by Crippen LogP contribution is -2.45. The number of thioether (sulfide) groups is 1. The first-order chi connectivity index (χ1) is 14.1. The molecule has 0 radical (unpaired) electrons. The third-order valence-corrected chi connectivity index (χ3v) is 5.85. The van der Waals surface area contributed by atoms with Crippen LogP contribution in [-0.2, 0) is 16.1 Å². The van der Waals surface area contributed by atoms with Crippen LogP contribution < -0.4 is 14.8 Å². The summed E-state index contributed by atoms with van der Waals surface area (Å²) in [5.74, 6) is 1.13. The van der Waals surface area contributed by atoms with Crippen molar-refractivity contribution in [2.75, 3.05) is 18.7 Å². The maximum atomic E-state index is 12.7. The smallest absolute Gasteiger partial charge is 0.238 e. The molecule has 2 aromatic carbocycles. The number of hydrogen-bond acceptors (Lipinski definition) is 6. The number of para-hydroxylation sites is 1. The third-order valence-electron chi connectivity index (χ3n) is 4.62. The van der Waals surface area contributed by atoms with Gasteiger partial charge in [0.2, 0.25) is 18.6 Å². The molecule has 1 unspecified atom stereocenters. The second-order valence-corrected chi connectivity index (χ2v) is 7.76. The fraction of sp³-hybridized carbons (Fsp3) is 0.286. The molecule has 2 aliphatic heterocycles. The van der Waals surface area contributed by atoms with Crippen molar-refractivity contribution >= 4 is 34.4 Å². The van der Waals surface area contributed by atoms with Gasteiger partial charge in [-0.1, -0.05) is 36.0 Å². The highest BCUT2D eigenvalue weighted by Gasteiger charge is 2.35. The highest BCUT2D eigenvalue weighted by atomic mass is 32.2. The van der Waals surface area contributed by atoms with E-state index in [2.05, 4.69) is 10.3 Å². The molecule has 4 rings (SSSR count). The molecule has 1 saturated heterocycles. The minimum absolute atomic E-state index is 0.0936. The molecule has 0 bridgehead atoms. The third kappa shape index (κ3) is 4.37. The van der Waals surface area contributed by atoms with Gasteiger partial charge in [-0.3, -0.25) is 19.5 Å². The number of aliphatic imine (C=N–C) groups is 1. The van der Waals surface area contributed by atoms with Crippen LogP contribution in [0.25, 0.3) is 0 Å². The number of benzene rings is 2. The summed E-state index contributed by atoms with van der Waals surface area (Å²) in [6.07, 6.45) is 0.153. The van der Waals surface area contributed by atoms with Crippen LogP contribution in [0.2, 0.25) is 0 Å². The van der Waals surface area contributed by atoms with Gasteiger partial charge in [0, 0.05) is 18.7 Å². The van der Waals surface area contributed by atoms with Crippen molar-refractivity contribution in [3.05, 3.63) is 54.1 Å². The second-order valence-electron chi connectivity index (χ2n) is 6.59. The number of nitrogens with one attached hydrogen (secondary N) is 1. The van der Waals surface area contributed by atoms with E-state index in [1.807, 2.05) is 55.5 Å². The van der Waals surface area contributed by atoms with Crippen LogP contribution in [0.5, 0.6) is 11.5 Å². The van der Waals surface area contributed by atoms with E-state index in [0.717, 1.165) is 11.3 Å². The molecule has 0 aromatic heterocycles. The van der Waals surface area contributed by atoms with E-state index >= 15 is 0 Å². The number of nitrogens with zero attached hydrogens (tertiary/aromatic N) is 2. The molecule has 2 heterocycles. The van der Waals surface area contributed by atoms with Crippen LogP contribution in [0.1, 0.15) is 18.9 Å². The molecule has 1 fully saturated rings. The summed E-state index contributed by atoms with van der Waals surface area (Å²) < 4.78 is 10.7. The van der Waals surface area contributed by atoms with Crippen molar-refractivity contribution in [3.63, 3.8) is 0 Å². The van der Waals surface area contributed by atoms with Gasteiger partial charge in [0.25, 0.3) is 0 Å². The zero-order chi connectivity index (χ0) is 20.2. The Hall–Kier alpha value is -3.00. The topological polar surface area (TPSA) is 80.2 Å². The van der Waals surface area contributed by atoms with Gasteiger partial charge in [0.1, 0.15) is 5.25 Å². The van der Waals surface area contributed by atoms with Crippen molar-refractivity contribution in [2.24, 2.45) is 4.99 Å². The first-order valence-electron chi connectivity index (χ1n) is 9.40. The van der Waals surface area contributed by atoms with Gasteiger partial charge in [0.05, 0.1) is 6.54 Å². The normalized spacial score (nSPS) is 19.5. The van der Waals surface area contributed by atoms with Gasteiger partial charge in [-0.05, 0) is 36.8 Å². The molecule has 0 aliphatic carbocycles. The summed E-state index contributed by atoms with van der Waals surface area (Å²) in [7, 11) is 0. The van der Waals surface area contributed by atoms with E-state index in [1.165, 1.54) is 11.8 Å². The Kier molecular flexibility index (Phi) is 5.71. The quantitative estimate of drug-likeness (QED) is 0.817. The molecular weight excluding hydrogens is 390 g/mol. The van der Waals surface area contributed by atoms with Crippen molar-refractivity contribution in [2.45, 2.75) is 25.1 Å². The van der Waals surface area contributed by atoms with Gasteiger partial charge in [-0.15, -0.1) is 0 Å². The summed E-state index contributed by atoms with van der Waals surface area (Å²) in [6.45, 7) is 3.02. The summed E-state index contributed by atoms with van der Waals surface area (Å²) in [6, 6.07) is 14.9. The van der Waals surface area contributed by atoms with Crippen LogP contribution in [-0.4, -0.2) is 40.5 Å². The fourth-order valence-corrected chi connectivity index (χ4v) is 4.27. The van der Waals surface area contributed by atoms with Gasteiger partial charge < -0.3 is 14.8 Å². The largest absolute Gasteiger partial charge is 0.454 e. The molecule has 29 heavy (non-hydrogen) atoms. The second kappa shape index (κ2) is 8.57. The molecular formula is C21H21N3O4S. The molecule has 1 N–H and O–H groups in total. The minimum Gasteiger partial charge on any atom is -0.454 e. The average molecular weight is 411 g/mol. The molecule has 2 aliphatic rings. The van der Waals surface area contributed by atoms with Crippen LogP contribution >= 0.6 is 11.8 Å². The van der Waals surface area contributed by atoms with Crippen molar-refractivity contribution in [1.82, 2.24) is 4.90 Å². The Labute approximate surface area is 173 Å². The Morgan fingerprint density at radius 2 is 2.00 bits per heavy atom. The number of rotatable bonds is 5. The van der Waals surface area contributed by atoms with E-state index in [4.69, 9.17) is 9.47 Å². The lowest BCUT2D eigenvalue weighted by Gasteiger charge is -2.31. The highest BCUT2D eigenvalue weighted by molar-refractivity contribution is 8.15. The Morgan fingerprint density at radius 3 is 2.79 bits per heavy atom. The van der Waals surface area contributed by atoms with Crippen molar-refractivity contribution < 1.29 is 19.1 Å². The Balaban J connectivity index is 1.48. The number of carbonyl (C=O) groups is 2. The number of amidine groups is 1. The van der Waals surface area contributed by atoms with Crippen molar-refractivity contribution in [3.8, 4) is 11.5 Å². The van der Waals surface area contributed by atoms with E-state index in [9.17, 15) is 9.59 Å². The van der Waals surface area contributed by atoms with Crippen LogP contribution in [0, 0.1) is 0 Å². The predicted molar refractivity (Wildman–Crippen MR) is 112 cm³/mol. The Morgan fingerprint density at radius 1 is 1.21 bits per heavy atom. The number of amides is 2. The van der Waals surface area contributed by atoms with Gasteiger partial charge in [-0.2, -0.15) is 0 Å². The van der Waals surface area contributed by atoms with Crippen molar-refractivity contribution in [1.29, 1.82) is 0 Å². The summed E-state index contributed by atoms with van der Waals surface area (Å²) in [5.41, 5.74) is 1.66. The van der Waals surface area contributed by atoms with E-state index in [1.54, 1.807) is 4.90 Å². The predicted octanol–water partition coefficient (Wildman–Crippen LogP) is 3.26. The van der Waals surface area contributed by atoms with Crippen LogP contribution in [0.15, 0.2) is 53.5 Å². The number of anilines is 1. The standard InChI is InChI=1S/C21H21N3O4S/c1-2-24-19(25)11-18(20(26)23-15-6-4-3-5-7-15)29-21(24)22-12-14-8-9-16-17(10-14)28-13-27-16/h3-10,18H,2,11-13H2,1H3,(H,23,26). The van der Waals surface area contributed by atoms with E-state index in [0.29, 0.717) is 29.7 Å². The van der Waals surface area contributed by atoms with E-state index in [-0.39, 0.29) is 25.0 Å². The fourth-order valence-electron chi connectivity index (χ4n) is 3.13. The molecule has 2 amide bonds. The maximum absolute atomic E-state index is 12.7. The lowest BCUT2D eigenvalue weighted by atomic mass is 10.2. The molecule has 7 nitrogen and oxygen atoms in total. The lowest BCUT2D eigenvalue weighted by molar-refractivity contribution is -0.129. The zero-order valence-electron chi connectivity index (χ0n) is 16.0. The molecule has 0 saturated carbocycles. The zero-order valence-corrected chi connectivity index (χ0v) is 16.8. The van der Waals surface area contributed by atoms with E-state index < -0.39 is 5.25 Å². The maximum Gasteiger partial charge on any atom is 0.238 e. The number of hydrogen-bond donors (Lipinski definition) is 1. The van der Waals surface area contributed by atoms with Crippen LogP contribution in [0.4, 0.5) is 5.69 Å². The number of ether oxygens (including phenoxy) is 2. The molecule has 2 aromatic rings. The molecule has 150 valence electrons. The summed E-state index contributed by atoms with van der Waals surface area (Å²) in [5, 5.41) is 2.92. The molecule has 0 spiro atoms. The van der Waals surface area contributed by atoms with Gasteiger partial charge in [0.15, 0.2) is 16.7 Å².